The van der Waals surface area contributed by atoms with Crippen LogP contribution in [0.25, 0.3) is 0 Å². The molecule has 0 aliphatic heterocycles. The van der Waals surface area contributed by atoms with Gasteiger partial charge in [0.15, 0.2) is 5.54 Å². The summed E-state index contributed by atoms with van der Waals surface area (Å²) in [6.07, 6.45) is 4.83. The minimum Gasteiger partial charge on any atom is -0.479 e. The smallest absolute Gasteiger partial charge is 0.331 e. The molecule has 2 N–H and O–H groups in total. The second kappa shape index (κ2) is 7.49. The highest BCUT2D eigenvalue weighted by Gasteiger charge is 2.30. The number of carboxylic acids is 1. The molecule has 0 spiro atoms. The van der Waals surface area contributed by atoms with Crippen LogP contribution in [0.4, 0.5) is 5.69 Å². The first-order valence-electron chi connectivity index (χ1n) is 7.62. The van der Waals surface area contributed by atoms with Gasteiger partial charge in [0.25, 0.3) is 0 Å². The van der Waals surface area contributed by atoms with Gasteiger partial charge in [0.1, 0.15) is 0 Å². The molecule has 2 rings (SSSR count). The lowest BCUT2D eigenvalue weighted by Gasteiger charge is -2.19. The van der Waals surface area contributed by atoms with Crippen LogP contribution in [0.1, 0.15) is 32.3 Å². The Morgan fingerprint density at radius 1 is 1.29 bits per heavy atom. The molecule has 1 amide bonds. The predicted molar refractivity (Wildman–Crippen MR) is 92.2 cm³/mol. The van der Waals surface area contributed by atoms with Crippen molar-refractivity contribution in [3.8, 4) is 0 Å². The van der Waals surface area contributed by atoms with Gasteiger partial charge in [-0.1, -0.05) is 23.7 Å². The number of carbonyl (C=O) groups excluding carboxylic acids is 1. The lowest BCUT2D eigenvalue weighted by Crippen LogP contribution is -2.35. The van der Waals surface area contributed by atoms with E-state index < -0.39 is 11.5 Å². The Hall–Kier alpha value is -2.34. The van der Waals surface area contributed by atoms with Crippen LogP contribution in [0.2, 0.25) is 5.02 Å². The number of nitrogens with one attached hydrogen (secondary N) is 1. The average molecular weight is 350 g/mol. The van der Waals surface area contributed by atoms with Crippen LogP contribution in [0.5, 0.6) is 0 Å². The Kier molecular flexibility index (Phi) is 5.62. The molecule has 0 bridgehead atoms. The van der Waals surface area contributed by atoms with E-state index in [2.05, 4.69) is 10.4 Å². The number of aryl methyl sites for hydroxylation is 1. The van der Waals surface area contributed by atoms with Gasteiger partial charge < -0.3 is 10.4 Å². The number of halogens is 1. The zero-order valence-electron chi connectivity index (χ0n) is 13.6. The highest BCUT2D eigenvalue weighted by Crippen LogP contribution is 2.17. The lowest BCUT2D eigenvalue weighted by molar-refractivity contribution is -0.146. The molecule has 0 aliphatic carbocycles. The van der Waals surface area contributed by atoms with Crippen LogP contribution >= 0.6 is 11.6 Å². The van der Waals surface area contributed by atoms with Gasteiger partial charge in [-0.25, -0.2) is 4.79 Å². The van der Waals surface area contributed by atoms with Crippen LogP contribution in [0.15, 0.2) is 36.7 Å². The fourth-order valence-corrected chi connectivity index (χ4v) is 2.24. The topological polar surface area (TPSA) is 84.2 Å². The van der Waals surface area contributed by atoms with E-state index in [4.69, 9.17) is 11.6 Å². The summed E-state index contributed by atoms with van der Waals surface area (Å²) in [6, 6.07) is 7.54. The molecule has 1 heterocycles. The first kappa shape index (κ1) is 18.0. The number of aromatic nitrogens is 2. The van der Waals surface area contributed by atoms with E-state index >= 15 is 0 Å². The number of anilines is 1. The number of rotatable bonds is 7. The highest BCUT2D eigenvalue weighted by atomic mass is 35.5. The maximum Gasteiger partial charge on any atom is 0.331 e. The second-order valence-electron chi connectivity index (χ2n) is 6.07. The molecular formula is C17H20ClN3O3. The minimum atomic E-state index is -1.17. The number of nitrogens with zero attached hydrogens (tertiary/aromatic N) is 2. The number of benzene rings is 1. The molecule has 0 aliphatic rings. The Labute approximate surface area is 145 Å². The molecule has 24 heavy (non-hydrogen) atoms. The number of carboxylic acid groups (broad SMARTS) is 1. The fourth-order valence-electron chi connectivity index (χ4n) is 2.12. The average Bonchev–Trinajstić information content (AvgIpc) is 2.98. The van der Waals surface area contributed by atoms with Crippen molar-refractivity contribution in [2.75, 3.05) is 5.32 Å². The summed E-state index contributed by atoms with van der Waals surface area (Å²) in [6.45, 7) is 3.08. The van der Waals surface area contributed by atoms with Gasteiger partial charge in [-0.05, 0) is 44.4 Å². The van der Waals surface area contributed by atoms with Crippen LogP contribution < -0.4 is 5.32 Å². The van der Waals surface area contributed by atoms with Gasteiger partial charge in [0.2, 0.25) is 5.91 Å². The molecule has 2 aromatic rings. The van der Waals surface area contributed by atoms with Crippen LogP contribution in [0.3, 0.4) is 0 Å². The summed E-state index contributed by atoms with van der Waals surface area (Å²) in [5.74, 6) is -1.12. The van der Waals surface area contributed by atoms with Gasteiger partial charge >= 0.3 is 5.97 Å². The monoisotopic (exact) mass is 349 g/mol. The molecule has 0 saturated carbocycles. The van der Waals surface area contributed by atoms with Crippen molar-refractivity contribution in [1.82, 2.24) is 9.78 Å². The SMILES string of the molecule is CC(C)(C(=O)O)n1cc(NC(=O)CCCc2ccc(Cl)cc2)cn1. The largest absolute Gasteiger partial charge is 0.479 e. The molecule has 0 fully saturated rings. The molecule has 128 valence electrons. The molecule has 0 radical (unpaired) electrons. The van der Waals surface area contributed by atoms with Crippen molar-refractivity contribution in [3.63, 3.8) is 0 Å². The quantitative estimate of drug-likeness (QED) is 0.803. The zero-order chi connectivity index (χ0) is 17.7. The normalized spacial score (nSPS) is 11.3. The van der Waals surface area contributed by atoms with E-state index in [1.165, 1.54) is 17.1 Å². The summed E-state index contributed by atoms with van der Waals surface area (Å²) in [7, 11) is 0. The predicted octanol–water partition coefficient (Wildman–Crippen LogP) is 3.32. The maximum absolute atomic E-state index is 12.0. The van der Waals surface area contributed by atoms with E-state index in [9.17, 15) is 14.7 Å². The van der Waals surface area contributed by atoms with Crippen molar-refractivity contribution in [2.24, 2.45) is 0 Å². The van der Waals surface area contributed by atoms with E-state index in [0.717, 1.165) is 12.0 Å². The van der Waals surface area contributed by atoms with E-state index in [0.29, 0.717) is 23.6 Å². The van der Waals surface area contributed by atoms with Crippen LogP contribution in [-0.4, -0.2) is 26.8 Å². The third-order valence-corrected chi connectivity index (χ3v) is 4.00. The van der Waals surface area contributed by atoms with E-state index in [-0.39, 0.29) is 5.91 Å². The highest BCUT2D eigenvalue weighted by molar-refractivity contribution is 6.30. The molecule has 7 heteroatoms. The molecule has 0 unspecified atom stereocenters. The number of carbonyl (C=O) groups is 2. The van der Waals surface area contributed by atoms with Gasteiger partial charge in [0, 0.05) is 17.6 Å². The summed E-state index contributed by atoms with van der Waals surface area (Å²) in [4.78, 5) is 23.2. The number of hydrogen-bond donors (Lipinski definition) is 2. The van der Waals surface area contributed by atoms with Crippen molar-refractivity contribution in [1.29, 1.82) is 0 Å². The minimum absolute atomic E-state index is 0.128. The van der Waals surface area contributed by atoms with Crippen molar-refractivity contribution in [3.05, 3.63) is 47.2 Å². The summed E-state index contributed by atoms with van der Waals surface area (Å²) in [5, 5.41) is 16.6. The molecular weight excluding hydrogens is 330 g/mol. The lowest BCUT2D eigenvalue weighted by atomic mass is 10.1. The van der Waals surface area contributed by atoms with E-state index in [1.807, 2.05) is 24.3 Å². The third kappa shape index (κ3) is 4.58. The van der Waals surface area contributed by atoms with Crippen LogP contribution in [-0.2, 0) is 21.5 Å². The number of hydrogen-bond acceptors (Lipinski definition) is 3. The third-order valence-electron chi connectivity index (χ3n) is 3.75. The second-order valence-corrected chi connectivity index (χ2v) is 6.50. The Balaban J connectivity index is 1.83. The van der Waals surface area contributed by atoms with Crippen LogP contribution in [0, 0.1) is 0 Å². The maximum atomic E-state index is 12.0. The number of aliphatic carboxylic acids is 1. The van der Waals surface area contributed by atoms with E-state index in [1.54, 1.807) is 13.8 Å². The Bertz CT molecular complexity index is 723. The summed E-state index contributed by atoms with van der Waals surface area (Å²) >= 11 is 5.83. The van der Waals surface area contributed by atoms with Gasteiger partial charge in [0.05, 0.1) is 11.9 Å². The Morgan fingerprint density at radius 3 is 2.58 bits per heavy atom. The molecule has 0 saturated heterocycles. The first-order chi connectivity index (χ1) is 11.3. The van der Waals surface area contributed by atoms with Gasteiger partial charge in [-0.3, -0.25) is 9.48 Å². The van der Waals surface area contributed by atoms with Crippen molar-refractivity contribution >= 4 is 29.2 Å². The fraction of sp³-hybridized carbons (Fsp3) is 0.353. The zero-order valence-corrected chi connectivity index (χ0v) is 14.4. The Morgan fingerprint density at radius 2 is 1.96 bits per heavy atom. The molecule has 1 aromatic heterocycles. The van der Waals surface area contributed by atoms with Gasteiger partial charge in [-0.2, -0.15) is 5.10 Å². The summed E-state index contributed by atoms with van der Waals surface area (Å²) in [5.41, 5.74) is 0.446. The van der Waals surface area contributed by atoms with Crippen molar-refractivity contribution in [2.45, 2.75) is 38.6 Å². The van der Waals surface area contributed by atoms with Crippen molar-refractivity contribution < 1.29 is 14.7 Å². The number of amides is 1. The molecule has 6 nitrogen and oxygen atoms in total. The first-order valence-corrected chi connectivity index (χ1v) is 7.99. The molecule has 0 atom stereocenters. The van der Waals surface area contributed by atoms with Gasteiger partial charge in [-0.15, -0.1) is 0 Å². The standard InChI is InChI=1S/C17H20ClN3O3/c1-17(2,16(23)24)21-11-14(10-19-21)20-15(22)5-3-4-12-6-8-13(18)9-7-12/h6-11H,3-5H2,1-2H3,(H,20,22)(H,23,24). The summed E-state index contributed by atoms with van der Waals surface area (Å²) < 4.78 is 1.32. The molecule has 1 aromatic carbocycles.